The number of carbonyl (C=O) groups is 1. The Bertz CT molecular complexity index is 1270. The number of carbonyl (C=O) groups excluding carboxylic acids is 1. The molecule has 0 saturated carbocycles. The van der Waals surface area contributed by atoms with Gasteiger partial charge in [0, 0.05) is 5.69 Å². The van der Waals surface area contributed by atoms with Crippen LogP contribution in [0.3, 0.4) is 0 Å². The van der Waals surface area contributed by atoms with Crippen LogP contribution in [0.5, 0.6) is 5.95 Å². The number of nitriles is 2. The quantitative estimate of drug-likeness (QED) is 0.411. The summed E-state index contributed by atoms with van der Waals surface area (Å²) in [7, 11) is 1.44. The highest BCUT2D eigenvalue weighted by Crippen LogP contribution is 2.38. The van der Waals surface area contributed by atoms with Crippen molar-refractivity contribution in [1.29, 1.82) is 10.5 Å². The summed E-state index contributed by atoms with van der Waals surface area (Å²) in [5.74, 6) is -0.945. The summed E-state index contributed by atoms with van der Waals surface area (Å²) in [6, 6.07) is 11.4. The van der Waals surface area contributed by atoms with E-state index in [1.54, 1.807) is 6.92 Å². The maximum atomic E-state index is 12.8. The van der Waals surface area contributed by atoms with Crippen LogP contribution < -0.4 is 20.8 Å². The van der Waals surface area contributed by atoms with Crippen molar-refractivity contribution in [3.63, 3.8) is 0 Å². The predicted molar refractivity (Wildman–Crippen MR) is 119 cm³/mol. The summed E-state index contributed by atoms with van der Waals surface area (Å²) in [5, 5.41) is 37.4. The maximum Gasteiger partial charge on any atom is 0.266 e. The van der Waals surface area contributed by atoms with Gasteiger partial charge in [-0.2, -0.15) is 10.5 Å². The van der Waals surface area contributed by atoms with Crippen molar-refractivity contribution in [3.05, 3.63) is 41.0 Å². The molecule has 0 aliphatic carbocycles. The second kappa shape index (κ2) is 9.59. The number of anilines is 2. The van der Waals surface area contributed by atoms with E-state index >= 15 is 0 Å². The van der Waals surface area contributed by atoms with Crippen molar-refractivity contribution in [3.8, 4) is 29.3 Å². The number of benzene rings is 1. The SMILES string of the molecule is CC(Sc1nc(N)c(C#N)c(-c2c([O-])on[n+]2C)c1C#N)C(=O)Nc1ccc(C(C)C)cc1. The van der Waals surface area contributed by atoms with E-state index in [0.717, 1.165) is 22.0 Å². The number of aryl methyl sites for hydroxylation is 1. The third-order valence-electron chi connectivity index (χ3n) is 4.92. The van der Waals surface area contributed by atoms with Crippen LogP contribution in [0.15, 0.2) is 33.8 Å². The topological polar surface area (TPSA) is 169 Å². The molecule has 0 bridgehead atoms. The molecule has 1 atom stereocenters. The normalized spacial score (nSPS) is 11.6. The Kier molecular flexibility index (Phi) is 6.85. The summed E-state index contributed by atoms with van der Waals surface area (Å²) in [5.41, 5.74) is 7.40. The van der Waals surface area contributed by atoms with Gasteiger partial charge in [0.05, 0.1) is 21.6 Å². The first-order valence-corrected chi connectivity index (χ1v) is 10.8. The molecule has 0 spiro atoms. The molecule has 2 heterocycles. The molecule has 3 rings (SSSR count). The van der Waals surface area contributed by atoms with Crippen LogP contribution in [0.2, 0.25) is 0 Å². The van der Waals surface area contributed by atoms with Gasteiger partial charge in [-0.1, -0.05) is 42.4 Å². The van der Waals surface area contributed by atoms with Crippen molar-refractivity contribution >= 4 is 29.2 Å². The van der Waals surface area contributed by atoms with E-state index in [1.807, 2.05) is 36.4 Å². The van der Waals surface area contributed by atoms with E-state index in [4.69, 9.17) is 5.73 Å². The molecule has 1 unspecified atom stereocenters. The standard InChI is InChI=1S/C22H21N7O3S/c1-11(2)13-5-7-14(8-6-13)26-20(30)12(3)33-21-16(10-24)17(15(9-23)19(25)27-21)18-22(31)32-28-29(18)4/h5-8,11-12H,1-4H3,(H3-,25,26,27,28,30,31). The lowest BCUT2D eigenvalue weighted by molar-refractivity contribution is -0.730. The van der Waals surface area contributed by atoms with Gasteiger partial charge in [0.15, 0.2) is 13.0 Å². The number of nitrogens with zero attached hydrogens (tertiary/aromatic N) is 5. The van der Waals surface area contributed by atoms with E-state index in [-0.39, 0.29) is 39.1 Å². The number of nitrogen functional groups attached to an aromatic ring is 1. The van der Waals surface area contributed by atoms with Crippen LogP contribution in [0, 0.1) is 22.7 Å². The van der Waals surface area contributed by atoms with Gasteiger partial charge in [0.1, 0.15) is 28.5 Å². The van der Waals surface area contributed by atoms with Gasteiger partial charge >= 0.3 is 0 Å². The van der Waals surface area contributed by atoms with E-state index in [9.17, 15) is 20.4 Å². The van der Waals surface area contributed by atoms with Crippen LogP contribution >= 0.6 is 11.8 Å². The molecule has 10 nitrogen and oxygen atoms in total. The number of hydrogen-bond acceptors (Lipinski definition) is 9. The average Bonchev–Trinajstić information content (AvgIpc) is 3.11. The van der Waals surface area contributed by atoms with Crippen LogP contribution in [-0.4, -0.2) is 21.4 Å². The number of aromatic nitrogens is 3. The van der Waals surface area contributed by atoms with Crippen LogP contribution in [-0.2, 0) is 11.8 Å². The molecule has 2 aromatic heterocycles. The van der Waals surface area contributed by atoms with E-state index in [0.29, 0.717) is 11.6 Å². The fourth-order valence-corrected chi connectivity index (χ4v) is 4.03. The maximum absolute atomic E-state index is 12.8. The Hall–Kier alpha value is -4.09. The molecule has 0 fully saturated rings. The van der Waals surface area contributed by atoms with Gasteiger partial charge in [-0.25, -0.2) is 4.98 Å². The lowest BCUT2D eigenvalue weighted by atomic mass is 10.0. The Morgan fingerprint density at radius 1 is 1.21 bits per heavy atom. The van der Waals surface area contributed by atoms with Gasteiger partial charge in [-0.05, 0) is 30.5 Å². The highest BCUT2D eigenvalue weighted by molar-refractivity contribution is 8.00. The number of nitrogens with one attached hydrogen (secondary N) is 1. The number of hydrogen-bond donors (Lipinski definition) is 2. The summed E-state index contributed by atoms with van der Waals surface area (Å²) < 4.78 is 5.76. The summed E-state index contributed by atoms with van der Waals surface area (Å²) >= 11 is 0.989. The first-order chi connectivity index (χ1) is 15.7. The number of nitrogens with two attached hydrogens (primary N) is 1. The molecular weight excluding hydrogens is 442 g/mol. The van der Waals surface area contributed by atoms with Crippen LogP contribution in [0.25, 0.3) is 11.3 Å². The minimum atomic E-state index is -0.831. The highest BCUT2D eigenvalue weighted by atomic mass is 32.2. The molecular formula is C22H21N7O3S. The van der Waals surface area contributed by atoms with E-state index < -0.39 is 11.2 Å². The third-order valence-corrected chi connectivity index (χ3v) is 6.00. The molecule has 3 aromatic rings. The lowest BCUT2D eigenvalue weighted by Crippen LogP contribution is -2.32. The molecule has 33 heavy (non-hydrogen) atoms. The molecule has 1 aromatic carbocycles. The molecule has 0 aliphatic heterocycles. The molecule has 3 N–H and O–H groups in total. The van der Waals surface area contributed by atoms with E-state index in [2.05, 4.69) is 33.9 Å². The first kappa shape index (κ1) is 23.6. The van der Waals surface area contributed by atoms with Crippen molar-refractivity contribution in [2.45, 2.75) is 37.0 Å². The number of thioether (sulfide) groups is 1. The van der Waals surface area contributed by atoms with Crippen molar-refractivity contribution in [2.75, 3.05) is 11.1 Å². The fourth-order valence-electron chi connectivity index (χ4n) is 3.11. The monoisotopic (exact) mass is 463 g/mol. The van der Waals surface area contributed by atoms with Gasteiger partial charge in [0.2, 0.25) is 5.91 Å². The fraction of sp³-hybridized carbons (Fsp3) is 0.273. The highest BCUT2D eigenvalue weighted by Gasteiger charge is 2.30. The van der Waals surface area contributed by atoms with Gasteiger partial charge in [-0.3, -0.25) is 4.79 Å². The second-order valence-electron chi connectivity index (χ2n) is 7.51. The number of rotatable bonds is 6. The molecule has 11 heteroatoms. The van der Waals surface area contributed by atoms with Gasteiger partial charge < -0.3 is 20.7 Å². The Morgan fingerprint density at radius 3 is 2.36 bits per heavy atom. The molecule has 168 valence electrons. The zero-order valence-corrected chi connectivity index (χ0v) is 19.2. The minimum absolute atomic E-state index is 0.0272. The van der Waals surface area contributed by atoms with E-state index in [1.165, 1.54) is 7.05 Å². The van der Waals surface area contributed by atoms with Crippen LogP contribution in [0.4, 0.5) is 11.5 Å². The zero-order chi connectivity index (χ0) is 24.3. The number of pyridine rings is 1. The number of amides is 1. The van der Waals surface area contributed by atoms with Gasteiger partial charge in [-0.15, -0.1) is 0 Å². The predicted octanol–water partition coefficient (Wildman–Crippen LogP) is 2.20. The molecule has 0 radical (unpaired) electrons. The minimum Gasteiger partial charge on any atom is -0.539 e. The lowest BCUT2D eigenvalue weighted by Gasteiger charge is -2.15. The molecule has 0 saturated heterocycles. The third kappa shape index (κ3) is 4.73. The van der Waals surface area contributed by atoms with Gasteiger partial charge in [0.25, 0.3) is 5.69 Å². The van der Waals surface area contributed by atoms with Crippen molar-refractivity contribution in [1.82, 2.24) is 10.3 Å². The largest absolute Gasteiger partial charge is 0.539 e. The average molecular weight is 464 g/mol. The van der Waals surface area contributed by atoms with Crippen molar-refractivity contribution in [2.24, 2.45) is 7.05 Å². The molecule has 0 aliphatic rings. The summed E-state index contributed by atoms with van der Waals surface area (Å²) in [6.45, 7) is 5.82. The smallest absolute Gasteiger partial charge is 0.266 e. The Morgan fingerprint density at radius 2 is 1.85 bits per heavy atom. The second-order valence-corrected chi connectivity index (χ2v) is 8.84. The van der Waals surface area contributed by atoms with Crippen LogP contribution in [0.1, 0.15) is 43.4 Å². The molecule has 1 amide bonds. The Labute approximate surface area is 194 Å². The zero-order valence-electron chi connectivity index (χ0n) is 18.4. The van der Waals surface area contributed by atoms with Crippen molar-refractivity contribution < 1.29 is 19.1 Å². The first-order valence-electron chi connectivity index (χ1n) is 9.92. The summed E-state index contributed by atoms with van der Waals surface area (Å²) in [4.78, 5) is 16.9. The summed E-state index contributed by atoms with van der Waals surface area (Å²) in [6.07, 6.45) is 0. The Balaban J connectivity index is 1.94.